The number of para-hydroxylation sites is 1. The van der Waals surface area contributed by atoms with E-state index < -0.39 is 0 Å². The van der Waals surface area contributed by atoms with Gasteiger partial charge in [0, 0.05) is 31.2 Å². The monoisotopic (exact) mass is 340 g/mol. The summed E-state index contributed by atoms with van der Waals surface area (Å²) in [4.78, 5) is 35.7. The molecule has 0 saturated carbocycles. The predicted molar refractivity (Wildman–Crippen MR) is 96.9 cm³/mol. The van der Waals surface area contributed by atoms with Crippen LogP contribution in [0.5, 0.6) is 0 Å². The zero-order valence-corrected chi connectivity index (χ0v) is 14.6. The number of urea groups is 1. The average molecular weight is 340 g/mol. The van der Waals surface area contributed by atoms with Crippen LogP contribution in [-0.4, -0.2) is 59.8 Å². The molecule has 0 bridgehead atoms. The second-order valence-electron chi connectivity index (χ2n) is 7.03. The lowest BCUT2D eigenvalue weighted by Crippen LogP contribution is -2.56. The number of likely N-dealkylation sites (tertiary alicyclic amines) is 1. The molecule has 0 spiro atoms. The molecule has 4 rings (SSSR count). The van der Waals surface area contributed by atoms with Crippen molar-refractivity contribution >= 4 is 23.5 Å². The summed E-state index contributed by atoms with van der Waals surface area (Å²) in [5.74, 6) is 0.787. The molecule has 3 heterocycles. The molecule has 6 nitrogen and oxygen atoms in total. The minimum Gasteiger partial charge on any atom is -0.338 e. The number of nitrogens with zero attached hydrogens (tertiary/aromatic N) is 4. The van der Waals surface area contributed by atoms with Crippen molar-refractivity contribution in [2.24, 2.45) is 4.99 Å². The van der Waals surface area contributed by atoms with Gasteiger partial charge >= 0.3 is 6.03 Å². The number of amidine groups is 1. The highest BCUT2D eigenvalue weighted by Crippen LogP contribution is 2.30. The van der Waals surface area contributed by atoms with Crippen molar-refractivity contribution in [1.29, 1.82) is 0 Å². The Kier molecular flexibility index (Phi) is 4.19. The Hall–Kier alpha value is -2.37. The summed E-state index contributed by atoms with van der Waals surface area (Å²) in [5.41, 5.74) is 1.74. The van der Waals surface area contributed by atoms with E-state index in [9.17, 15) is 9.59 Å². The Labute approximate surface area is 148 Å². The van der Waals surface area contributed by atoms with Crippen LogP contribution in [0.15, 0.2) is 29.3 Å². The first-order valence-corrected chi connectivity index (χ1v) is 9.19. The Bertz CT molecular complexity index is 730. The Morgan fingerprint density at radius 3 is 2.88 bits per heavy atom. The molecule has 1 aromatic carbocycles. The number of rotatable bonds is 2. The summed E-state index contributed by atoms with van der Waals surface area (Å²) in [5, 5.41) is 0. The van der Waals surface area contributed by atoms with E-state index >= 15 is 0 Å². The lowest BCUT2D eigenvalue weighted by Gasteiger charge is -2.40. The van der Waals surface area contributed by atoms with Crippen LogP contribution in [0.4, 0.5) is 10.5 Å². The van der Waals surface area contributed by atoms with Gasteiger partial charge in [0.25, 0.3) is 0 Å². The highest BCUT2D eigenvalue weighted by Gasteiger charge is 2.37. The van der Waals surface area contributed by atoms with Crippen molar-refractivity contribution < 1.29 is 9.59 Å². The number of hydrogen-bond donors (Lipinski definition) is 0. The first-order chi connectivity index (χ1) is 12.2. The van der Waals surface area contributed by atoms with Crippen molar-refractivity contribution in [2.75, 3.05) is 31.1 Å². The van der Waals surface area contributed by atoms with Crippen molar-refractivity contribution in [3.05, 3.63) is 29.8 Å². The number of aliphatic imine (C=N–C) groups is 1. The Morgan fingerprint density at radius 1 is 1.20 bits per heavy atom. The van der Waals surface area contributed by atoms with Crippen LogP contribution in [0.2, 0.25) is 0 Å². The number of anilines is 1. The number of fused-ring (bicyclic) bond motifs is 3. The van der Waals surface area contributed by atoms with E-state index in [1.165, 1.54) is 6.42 Å². The first kappa shape index (κ1) is 16.1. The SMILES string of the molecule is CC1CCCCN1C(=O)CN1C(=O)N2CCCN=C2c2ccccc21. The maximum Gasteiger partial charge on any atom is 0.330 e. The fraction of sp³-hybridized carbons (Fsp3) is 0.526. The van der Waals surface area contributed by atoms with Crippen molar-refractivity contribution in [3.8, 4) is 0 Å². The van der Waals surface area contributed by atoms with Crippen molar-refractivity contribution in [3.63, 3.8) is 0 Å². The van der Waals surface area contributed by atoms with Gasteiger partial charge in [-0.3, -0.25) is 19.6 Å². The topological polar surface area (TPSA) is 56.2 Å². The summed E-state index contributed by atoms with van der Waals surface area (Å²) >= 11 is 0. The zero-order chi connectivity index (χ0) is 17.4. The van der Waals surface area contributed by atoms with Gasteiger partial charge in [-0.05, 0) is 44.7 Å². The molecule has 0 aromatic heterocycles. The largest absolute Gasteiger partial charge is 0.338 e. The summed E-state index contributed by atoms with van der Waals surface area (Å²) < 4.78 is 0. The number of benzene rings is 1. The third-order valence-corrected chi connectivity index (χ3v) is 5.37. The average Bonchev–Trinajstić information content (AvgIpc) is 2.65. The van der Waals surface area contributed by atoms with Gasteiger partial charge in [0.15, 0.2) is 0 Å². The molecule has 1 aromatic rings. The van der Waals surface area contributed by atoms with E-state index in [4.69, 9.17) is 0 Å². The molecular weight excluding hydrogens is 316 g/mol. The lowest BCUT2D eigenvalue weighted by atomic mass is 10.0. The normalized spacial score (nSPS) is 23.1. The van der Waals surface area contributed by atoms with Gasteiger partial charge in [-0.2, -0.15) is 0 Å². The smallest absolute Gasteiger partial charge is 0.330 e. The number of carbonyl (C=O) groups is 2. The number of carbonyl (C=O) groups excluding carboxylic acids is 2. The molecule has 1 unspecified atom stereocenters. The van der Waals surface area contributed by atoms with E-state index in [2.05, 4.69) is 11.9 Å². The van der Waals surface area contributed by atoms with Crippen LogP contribution in [0.3, 0.4) is 0 Å². The van der Waals surface area contributed by atoms with E-state index in [0.29, 0.717) is 6.54 Å². The molecule has 1 fully saturated rings. The molecule has 0 N–H and O–H groups in total. The van der Waals surface area contributed by atoms with Crippen LogP contribution in [0, 0.1) is 0 Å². The minimum absolute atomic E-state index is 0.0350. The first-order valence-electron chi connectivity index (χ1n) is 9.19. The van der Waals surface area contributed by atoms with Crippen LogP contribution in [0.1, 0.15) is 38.2 Å². The standard InChI is InChI=1S/C19H24N4O2/c1-14-7-4-5-11-21(14)17(24)13-23-16-9-3-2-8-15(16)18-20-10-6-12-22(18)19(23)25/h2-3,8-9,14H,4-7,10-13H2,1H3. The predicted octanol–water partition coefficient (Wildman–Crippen LogP) is 2.48. The van der Waals surface area contributed by atoms with Crippen LogP contribution in [0.25, 0.3) is 0 Å². The highest BCUT2D eigenvalue weighted by atomic mass is 16.2. The molecule has 25 heavy (non-hydrogen) atoms. The minimum atomic E-state index is -0.129. The van der Waals surface area contributed by atoms with Gasteiger partial charge in [-0.1, -0.05) is 12.1 Å². The summed E-state index contributed by atoms with van der Waals surface area (Å²) in [7, 11) is 0. The Morgan fingerprint density at radius 2 is 2.04 bits per heavy atom. The third kappa shape index (κ3) is 2.79. The molecular formula is C19H24N4O2. The second kappa shape index (κ2) is 6.50. The summed E-state index contributed by atoms with van der Waals surface area (Å²) in [6.07, 6.45) is 4.12. The quantitative estimate of drug-likeness (QED) is 0.830. The summed E-state index contributed by atoms with van der Waals surface area (Å²) in [6.45, 7) is 4.40. The van der Waals surface area contributed by atoms with Crippen molar-refractivity contribution in [2.45, 2.75) is 38.6 Å². The number of piperidine rings is 1. The van der Waals surface area contributed by atoms with E-state index in [-0.39, 0.29) is 24.5 Å². The highest BCUT2D eigenvalue weighted by molar-refractivity contribution is 6.20. The van der Waals surface area contributed by atoms with Crippen LogP contribution in [-0.2, 0) is 4.79 Å². The molecule has 0 aliphatic carbocycles. The number of hydrogen-bond acceptors (Lipinski definition) is 3. The van der Waals surface area contributed by atoms with Gasteiger partial charge in [-0.15, -0.1) is 0 Å². The molecule has 0 radical (unpaired) electrons. The van der Waals surface area contributed by atoms with Gasteiger partial charge in [0.1, 0.15) is 12.4 Å². The molecule has 1 atom stereocenters. The maximum absolute atomic E-state index is 13.0. The van der Waals surface area contributed by atoms with Crippen LogP contribution < -0.4 is 4.90 Å². The Balaban J connectivity index is 1.64. The molecule has 1 saturated heterocycles. The van der Waals surface area contributed by atoms with E-state index in [1.807, 2.05) is 29.2 Å². The zero-order valence-electron chi connectivity index (χ0n) is 14.6. The van der Waals surface area contributed by atoms with Gasteiger partial charge in [0.05, 0.1) is 5.69 Å². The van der Waals surface area contributed by atoms with Gasteiger partial charge in [-0.25, -0.2) is 4.79 Å². The molecule has 3 amide bonds. The van der Waals surface area contributed by atoms with Gasteiger partial charge in [0.2, 0.25) is 5.91 Å². The van der Waals surface area contributed by atoms with E-state index in [1.54, 1.807) is 9.80 Å². The number of amides is 3. The molecule has 3 aliphatic rings. The van der Waals surface area contributed by atoms with E-state index in [0.717, 1.165) is 49.4 Å². The lowest BCUT2D eigenvalue weighted by molar-refractivity contribution is -0.132. The molecule has 3 aliphatic heterocycles. The summed E-state index contributed by atoms with van der Waals surface area (Å²) in [6, 6.07) is 7.89. The van der Waals surface area contributed by atoms with Crippen LogP contribution >= 0.6 is 0 Å². The second-order valence-corrected chi connectivity index (χ2v) is 7.03. The molecule has 132 valence electrons. The molecule has 6 heteroatoms. The van der Waals surface area contributed by atoms with Gasteiger partial charge < -0.3 is 4.90 Å². The third-order valence-electron chi connectivity index (χ3n) is 5.37. The fourth-order valence-electron chi connectivity index (χ4n) is 4.02. The fourth-order valence-corrected chi connectivity index (χ4v) is 4.02. The van der Waals surface area contributed by atoms with Crippen molar-refractivity contribution in [1.82, 2.24) is 9.80 Å². The maximum atomic E-state index is 13.0.